The molecule has 0 radical (unpaired) electrons. The lowest BCUT2D eigenvalue weighted by atomic mass is 9.74. The minimum atomic E-state index is 0.475. The van der Waals surface area contributed by atoms with Gasteiger partial charge in [0.05, 0.1) is 0 Å². The Hall–Kier alpha value is -1.86. The van der Waals surface area contributed by atoms with Gasteiger partial charge in [0.2, 0.25) is 0 Å². The van der Waals surface area contributed by atoms with Gasteiger partial charge < -0.3 is 5.73 Å². The maximum absolute atomic E-state index is 5.79. The molecule has 0 aromatic heterocycles. The monoisotopic (exact) mass is 335 g/mol. The van der Waals surface area contributed by atoms with Crippen LogP contribution in [0.3, 0.4) is 0 Å². The second kappa shape index (κ2) is 9.01. The fourth-order valence-corrected chi connectivity index (χ4v) is 3.86. The largest absolute Gasteiger partial charge is 0.326 e. The Morgan fingerprint density at radius 1 is 1.24 bits per heavy atom. The maximum Gasteiger partial charge on any atom is 0.0178 e. The Labute approximate surface area is 154 Å². The van der Waals surface area contributed by atoms with E-state index in [9.17, 15) is 0 Å². The van der Waals surface area contributed by atoms with Crippen LogP contribution in [0.5, 0.6) is 0 Å². The van der Waals surface area contributed by atoms with Crippen LogP contribution in [0.2, 0.25) is 0 Å². The lowest BCUT2D eigenvalue weighted by Gasteiger charge is -2.30. The highest BCUT2D eigenvalue weighted by Gasteiger charge is 2.25. The topological polar surface area (TPSA) is 26.0 Å². The van der Waals surface area contributed by atoms with E-state index in [0.717, 1.165) is 12.8 Å². The summed E-state index contributed by atoms with van der Waals surface area (Å²) in [7, 11) is 0. The second-order valence-electron chi connectivity index (χ2n) is 7.18. The van der Waals surface area contributed by atoms with E-state index in [-0.39, 0.29) is 0 Å². The molecule has 1 atom stereocenters. The van der Waals surface area contributed by atoms with Crippen molar-refractivity contribution in [3.8, 4) is 0 Å². The molecule has 0 amide bonds. The van der Waals surface area contributed by atoms with Crippen LogP contribution in [-0.2, 0) is 6.54 Å². The van der Waals surface area contributed by atoms with Gasteiger partial charge in [-0.15, -0.1) is 0 Å². The van der Waals surface area contributed by atoms with Crippen molar-refractivity contribution in [3.05, 3.63) is 76.4 Å². The highest BCUT2D eigenvalue weighted by Crippen LogP contribution is 2.43. The van der Waals surface area contributed by atoms with Crippen molar-refractivity contribution in [2.45, 2.75) is 59.9 Å². The summed E-state index contributed by atoms with van der Waals surface area (Å²) in [5, 5.41) is 0. The Balaban J connectivity index is 2.67. The van der Waals surface area contributed by atoms with E-state index < -0.39 is 0 Å². The van der Waals surface area contributed by atoms with Gasteiger partial charge in [0, 0.05) is 12.5 Å². The molecule has 25 heavy (non-hydrogen) atoms. The quantitative estimate of drug-likeness (QED) is 0.560. The summed E-state index contributed by atoms with van der Waals surface area (Å²) in [6, 6.07) is 8.79. The highest BCUT2D eigenvalue weighted by atomic mass is 14.5. The van der Waals surface area contributed by atoms with Crippen molar-refractivity contribution < 1.29 is 0 Å². The summed E-state index contributed by atoms with van der Waals surface area (Å²) >= 11 is 0. The summed E-state index contributed by atoms with van der Waals surface area (Å²) < 4.78 is 0. The predicted octanol–water partition coefficient (Wildman–Crippen LogP) is 6.58. The standard InChI is InChI=1S/C24H33N/c1-6-8-21(17(3)4)23-15-10-18(5)22(9-7-2)24(23)20-13-11-19(16-25)12-14-20/h7,9,11-14,21H,3,6,8,10,15-16,25H2,1-2,4-5H3/b9-7-. The Kier molecular flexibility index (Phi) is 7.01. The first kappa shape index (κ1) is 19.5. The number of hydrogen-bond acceptors (Lipinski definition) is 1. The van der Waals surface area contributed by atoms with Crippen molar-refractivity contribution in [2.75, 3.05) is 0 Å². The number of hydrogen-bond donors (Lipinski definition) is 1. The van der Waals surface area contributed by atoms with E-state index in [1.807, 2.05) is 0 Å². The molecule has 0 bridgehead atoms. The summed E-state index contributed by atoms with van der Waals surface area (Å²) in [5.74, 6) is 0.475. The van der Waals surface area contributed by atoms with E-state index >= 15 is 0 Å². The van der Waals surface area contributed by atoms with Crippen LogP contribution in [0.25, 0.3) is 5.57 Å². The first-order chi connectivity index (χ1) is 12.0. The normalized spacial score (nSPS) is 16.7. The van der Waals surface area contributed by atoms with Gasteiger partial charge in [-0.25, -0.2) is 0 Å². The van der Waals surface area contributed by atoms with E-state index in [0.29, 0.717) is 12.5 Å². The van der Waals surface area contributed by atoms with Gasteiger partial charge in [0.1, 0.15) is 0 Å². The van der Waals surface area contributed by atoms with Gasteiger partial charge in [-0.3, -0.25) is 0 Å². The van der Waals surface area contributed by atoms with Gasteiger partial charge >= 0.3 is 0 Å². The smallest absolute Gasteiger partial charge is 0.0178 e. The molecule has 1 aromatic carbocycles. The zero-order chi connectivity index (χ0) is 18.4. The molecule has 1 heteroatoms. The summed E-state index contributed by atoms with van der Waals surface area (Å²) in [4.78, 5) is 0. The van der Waals surface area contributed by atoms with Crippen LogP contribution in [-0.4, -0.2) is 0 Å². The van der Waals surface area contributed by atoms with Gasteiger partial charge in [0.25, 0.3) is 0 Å². The van der Waals surface area contributed by atoms with Crippen LogP contribution in [0, 0.1) is 5.92 Å². The Morgan fingerprint density at radius 3 is 2.44 bits per heavy atom. The molecule has 2 N–H and O–H groups in total. The lowest BCUT2D eigenvalue weighted by molar-refractivity contribution is 0.601. The van der Waals surface area contributed by atoms with E-state index in [4.69, 9.17) is 5.73 Å². The zero-order valence-corrected chi connectivity index (χ0v) is 16.4. The van der Waals surface area contributed by atoms with Gasteiger partial charge in [-0.1, -0.05) is 73.1 Å². The highest BCUT2D eigenvalue weighted by molar-refractivity contribution is 5.86. The molecule has 0 heterocycles. The molecule has 2 rings (SSSR count). The van der Waals surface area contributed by atoms with Gasteiger partial charge in [-0.2, -0.15) is 0 Å². The van der Waals surface area contributed by atoms with Crippen molar-refractivity contribution in [3.63, 3.8) is 0 Å². The van der Waals surface area contributed by atoms with Crippen LogP contribution in [0.4, 0.5) is 0 Å². The molecule has 1 aliphatic rings. The molecule has 1 aliphatic carbocycles. The van der Waals surface area contributed by atoms with Crippen LogP contribution < -0.4 is 5.73 Å². The van der Waals surface area contributed by atoms with Crippen LogP contribution >= 0.6 is 0 Å². The van der Waals surface area contributed by atoms with E-state index in [1.54, 1.807) is 5.57 Å². The molecule has 1 aromatic rings. The molecule has 0 aliphatic heterocycles. The average molecular weight is 336 g/mol. The molecular weight excluding hydrogens is 302 g/mol. The fourth-order valence-electron chi connectivity index (χ4n) is 3.86. The molecular formula is C24H33N. The summed E-state index contributed by atoms with van der Waals surface area (Å²) in [5.41, 5.74) is 15.4. The molecule has 0 fully saturated rings. The second-order valence-corrected chi connectivity index (χ2v) is 7.18. The number of rotatable bonds is 7. The molecule has 1 nitrogen and oxygen atoms in total. The van der Waals surface area contributed by atoms with Gasteiger partial charge in [0.15, 0.2) is 0 Å². The third-order valence-electron chi connectivity index (χ3n) is 5.22. The van der Waals surface area contributed by atoms with E-state index in [2.05, 4.69) is 70.7 Å². The predicted molar refractivity (Wildman–Crippen MR) is 111 cm³/mol. The Morgan fingerprint density at radius 2 is 1.92 bits per heavy atom. The summed E-state index contributed by atoms with van der Waals surface area (Å²) in [6.07, 6.45) is 9.08. The number of allylic oxidation sites excluding steroid dienone is 7. The van der Waals surface area contributed by atoms with Crippen molar-refractivity contribution in [1.82, 2.24) is 0 Å². The van der Waals surface area contributed by atoms with Crippen LogP contribution in [0.1, 0.15) is 64.5 Å². The van der Waals surface area contributed by atoms with Crippen molar-refractivity contribution in [1.29, 1.82) is 0 Å². The minimum Gasteiger partial charge on any atom is -0.326 e. The zero-order valence-electron chi connectivity index (χ0n) is 16.4. The first-order valence-electron chi connectivity index (χ1n) is 9.54. The van der Waals surface area contributed by atoms with Crippen LogP contribution in [0.15, 0.2) is 65.3 Å². The van der Waals surface area contributed by atoms with E-state index in [1.165, 1.54) is 46.3 Å². The minimum absolute atomic E-state index is 0.475. The first-order valence-corrected chi connectivity index (χ1v) is 9.54. The van der Waals surface area contributed by atoms with Gasteiger partial charge in [-0.05, 0) is 62.3 Å². The Bertz CT molecular complexity index is 698. The molecule has 1 unspecified atom stereocenters. The summed E-state index contributed by atoms with van der Waals surface area (Å²) in [6.45, 7) is 13.7. The maximum atomic E-state index is 5.79. The fraction of sp³-hybridized carbons (Fsp3) is 0.417. The molecule has 134 valence electrons. The SMILES string of the molecule is C=C(C)C(CCC)C1=C(c2ccc(CN)cc2)C(/C=C\C)=C(C)CC1. The third kappa shape index (κ3) is 4.41. The lowest BCUT2D eigenvalue weighted by Crippen LogP contribution is -2.13. The average Bonchev–Trinajstić information content (AvgIpc) is 2.61. The van der Waals surface area contributed by atoms with Crippen molar-refractivity contribution in [2.24, 2.45) is 11.7 Å². The molecule has 0 spiro atoms. The van der Waals surface area contributed by atoms with Crippen molar-refractivity contribution >= 4 is 5.57 Å². The number of nitrogens with two attached hydrogens (primary N) is 1. The third-order valence-corrected chi connectivity index (χ3v) is 5.22. The molecule has 0 saturated heterocycles. The number of benzene rings is 1. The molecule has 0 saturated carbocycles.